The van der Waals surface area contributed by atoms with Gasteiger partial charge in [0.25, 0.3) is 5.91 Å². The zero-order valence-electron chi connectivity index (χ0n) is 12.8. The number of anilines is 1. The van der Waals surface area contributed by atoms with Crippen molar-refractivity contribution in [1.82, 2.24) is 10.3 Å². The van der Waals surface area contributed by atoms with Crippen molar-refractivity contribution in [2.24, 2.45) is 0 Å². The topological polar surface area (TPSA) is 74.2 Å². The van der Waals surface area contributed by atoms with Crippen LogP contribution in [0.1, 0.15) is 35.3 Å². The molecule has 5 nitrogen and oxygen atoms in total. The van der Waals surface area contributed by atoms with Crippen LogP contribution in [0.25, 0.3) is 0 Å². The lowest BCUT2D eigenvalue weighted by atomic mass is 10.1. The third kappa shape index (κ3) is 4.05. The average Bonchev–Trinajstić information content (AvgIpc) is 2.52. The molecule has 1 aromatic carbocycles. The summed E-state index contributed by atoms with van der Waals surface area (Å²) in [5.74, 6) is 0.384. The third-order valence-corrected chi connectivity index (χ3v) is 3.21. The lowest BCUT2D eigenvalue weighted by Gasteiger charge is -2.14. The van der Waals surface area contributed by atoms with E-state index in [9.17, 15) is 9.90 Å². The zero-order chi connectivity index (χ0) is 15.9. The molecule has 22 heavy (non-hydrogen) atoms. The molecule has 0 saturated heterocycles. The maximum Gasteiger partial charge on any atom is 0.255 e. The van der Waals surface area contributed by atoms with Gasteiger partial charge in [-0.3, -0.25) is 4.79 Å². The molecule has 1 heterocycles. The van der Waals surface area contributed by atoms with E-state index in [0.29, 0.717) is 17.9 Å². The van der Waals surface area contributed by atoms with Crippen LogP contribution in [0.4, 0.5) is 5.82 Å². The van der Waals surface area contributed by atoms with E-state index in [1.165, 1.54) is 0 Å². The number of rotatable bonds is 6. The number of aliphatic hydroxyl groups excluding tert-OH is 1. The number of hydrogen-bond acceptors (Lipinski definition) is 4. The average molecular weight is 299 g/mol. The number of carbonyl (C=O) groups excluding carboxylic acids is 1. The highest BCUT2D eigenvalue weighted by Crippen LogP contribution is 2.13. The first-order valence-corrected chi connectivity index (χ1v) is 7.29. The van der Waals surface area contributed by atoms with Gasteiger partial charge in [0, 0.05) is 18.8 Å². The van der Waals surface area contributed by atoms with Crippen LogP contribution in [0, 0.1) is 0 Å². The van der Waals surface area contributed by atoms with Gasteiger partial charge in [-0.05, 0) is 37.1 Å². The molecule has 0 radical (unpaired) electrons. The van der Waals surface area contributed by atoms with E-state index in [0.717, 1.165) is 11.1 Å². The highest BCUT2D eigenvalue weighted by Gasteiger charge is 2.13. The van der Waals surface area contributed by atoms with E-state index in [1.54, 1.807) is 18.3 Å². The molecule has 2 aromatic rings. The van der Waals surface area contributed by atoms with Crippen LogP contribution in [0.15, 0.2) is 42.6 Å². The Bertz CT molecular complexity index is 641. The van der Waals surface area contributed by atoms with Crippen LogP contribution in [0.3, 0.4) is 0 Å². The van der Waals surface area contributed by atoms with Crippen LogP contribution >= 0.6 is 0 Å². The molecule has 0 fully saturated rings. The number of hydrogen-bond donors (Lipinski definition) is 3. The van der Waals surface area contributed by atoms with Gasteiger partial charge in [-0.1, -0.05) is 24.3 Å². The maximum absolute atomic E-state index is 12.4. The second-order valence-corrected chi connectivity index (χ2v) is 5.31. The van der Waals surface area contributed by atoms with Gasteiger partial charge in [-0.2, -0.15) is 0 Å². The van der Waals surface area contributed by atoms with Crippen LogP contribution in [-0.4, -0.2) is 22.0 Å². The molecule has 0 aliphatic rings. The van der Waals surface area contributed by atoms with Crippen molar-refractivity contribution in [2.45, 2.75) is 33.0 Å². The molecule has 1 aromatic heterocycles. The Balaban J connectivity index is 2.10. The summed E-state index contributed by atoms with van der Waals surface area (Å²) in [7, 11) is 0. The van der Waals surface area contributed by atoms with Crippen molar-refractivity contribution < 1.29 is 9.90 Å². The van der Waals surface area contributed by atoms with Crippen LogP contribution < -0.4 is 10.6 Å². The lowest BCUT2D eigenvalue weighted by molar-refractivity contribution is 0.0951. The molecule has 116 valence electrons. The molecular weight excluding hydrogens is 278 g/mol. The fourth-order valence-corrected chi connectivity index (χ4v) is 2.13. The molecular formula is C17H21N3O2. The first-order valence-electron chi connectivity index (χ1n) is 7.29. The van der Waals surface area contributed by atoms with Gasteiger partial charge < -0.3 is 15.7 Å². The number of benzene rings is 1. The van der Waals surface area contributed by atoms with Gasteiger partial charge >= 0.3 is 0 Å². The number of pyridine rings is 1. The summed E-state index contributed by atoms with van der Waals surface area (Å²) in [6.45, 7) is 4.31. The molecule has 0 saturated carbocycles. The fraction of sp³-hybridized carbons (Fsp3) is 0.294. The summed E-state index contributed by atoms with van der Waals surface area (Å²) in [5, 5.41) is 15.3. The molecule has 5 heteroatoms. The summed E-state index contributed by atoms with van der Waals surface area (Å²) < 4.78 is 0. The number of amides is 1. The Morgan fingerprint density at radius 1 is 1.18 bits per heavy atom. The van der Waals surface area contributed by atoms with E-state index in [-0.39, 0.29) is 18.6 Å². The summed E-state index contributed by atoms with van der Waals surface area (Å²) >= 11 is 0. The molecule has 0 bridgehead atoms. The smallest absolute Gasteiger partial charge is 0.255 e. The first kappa shape index (κ1) is 16.0. The van der Waals surface area contributed by atoms with E-state index in [4.69, 9.17) is 0 Å². The Kier molecular flexibility index (Phi) is 5.49. The fourth-order valence-electron chi connectivity index (χ4n) is 2.13. The highest BCUT2D eigenvalue weighted by molar-refractivity contribution is 5.98. The van der Waals surface area contributed by atoms with Crippen molar-refractivity contribution in [3.63, 3.8) is 0 Å². The first-order chi connectivity index (χ1) is 10.6. The van der Waals surface area contributed by atoms with Crippen molar-refractivity contribution in [3.05, 3.63) is 59.3 Å². The minimum atomic E-state index is -0.191. The number of nitrogens with zero attached hydrogens (tertiary/aromatic N) is 1. The van der Waals surface area contributed by atoms with E-state index >= 15 is 0 Å². The van der Waals surface area contributed by atoms with Crippen molar-refractivity contribution in [1.29, 1.82) is 0 Å². The second kappa shape index (κ2) is 7.56. The number of nitrogens with one attached hydrogen (secondary N) is 2. The SMILES string of the molecule is CC(C)Nc1ncccc1C(=O)NCc1ccccc1CO. The molecule has 0 aliphatic carbocycles. The highest BCUT2D eigenvalue weighted by atomic mass is 16.3. The van der Waals surface area contributed by atoms with Crippen LogP contribution in [0.5, 0.6) is 0 Å². The summed E-state index contributed by atoms with van der Waals surface area (Å²) in [6.07, 6.45) is 1.66. The van der Waals surface area contributed by atoms with Gasteiger partial charge in [0.05, 0.1) is 12.2 Å². The van der Waals surface area contributed by atoms with E-state index in [2.05, 4.69) is 15.6 Å². The van der Waals surface area contributed by atoms with E-state index in [1.807, 2.05) is 38.1 Å². The third-order valence-electron chi connectivity index (χ3n) is 3.21. The zero-order valence-corrected chi connectivity index (χ0v) is 12.8. The molecule has 0 spiro atoms. The van der Waals surface area contributed by atoms with Gasteiger partial charge in [-0.25, -0.2) is 4.98 Å². The number of aromatic nitrogens is 1. The van der Waals surface area contributed by atoms with Gasteiger partial charge in [0.1, 0.15) is 5.82 Å². The predicted octanol–water partition coefficient (Wildman–Crippen LogP) is 2.32. The molecule has 0 unspecified atom stereocenters. The quantitative estimate of drug-likeness (QED) is 0.765. The summed E-state index contributed by atoms with van der Waals surface area (Å²) in [4.78, 5) is 16.6. The number of aliphatic hydroxyl groups is 1. The Morgan fingerprint density at radius 2 is 1.91 bits per heavy atom. The summed E-state index contributed by atoms with van der Waals surface area (Å²) in [6, 6.07) is 11.2. The molecule has 0 atom stereocenters. The van der Waals surface area contributed by atoms with Crippen molar-refractivity contribution in [3.8, 4) is 0 Å². The molecule has 0 aliphatic heterocycles. The molecule has 2 rings (SSSR count). The monoisotopic (exact) mass is 299 g/mol. The molecule has 1 amide bonds. The Morgan fingerprint density at radius 3 is 2.59 bits per heavy atom. The van der Waals surface area contributed by atoms with Crippen molar-refractivity contribution in [2.75, 3.05) is 5.32 Å². The largest absolute Gasteiger partial charge is 0.392 e. The minimum Gasteiger partial charge on any atom is -0.392 e. The minimum absolute atomic E-state index is 0.0426. The standard InChI is InChI=1S/C17H21N3O2/c1-12(2)20-16-15(8-5-9-18-16)17(22)19-10-13-6-3-4-7-14(13)11-21/h3-9,12,21H,10-11H2,1-2H3,(H,18,20)(H,19,22). The number of carbonyl (C=O) groups is 1. The van der Waals surface area contributed by atoms with Gasteiger partial charge in [0.15, 0.2) is 0 Å². The van der Waals surface area contributed by atoms with Gasteiger partial charge in [-0.15, -0.1) is 0 Å². The van der Waals surface area contributed by atoms with Crippen LogP contribution in [0.2, 0.25) is 0 Å². The predicted molar refractivity (Wildman–Crippen MR) is 86.5 cm³/mol. The normalized spacial score (nSPS) is 10.5. The maximum atomic E-state index is 12.4. The summed E-state index contributed by atoms with van der Waals surface area (Å²) in [5.41, 5.74) is 2.23. The van der Waals surface area contributed by atoms with Crippen molar-refractivity contribution >= 4 is 11.7 Å². The van der Waals surface area contributed by atoms with Gasteiger partial charge in [0.2, 0.25) is 0 Å². The lowest BCUT2D eigenvalue weighted by Crippen LogP contribution is -2.25. The van der Waals surface area contributed by atoms with Crippen LogP contribution in [-0.2, 0) is 13.2 Å². The second-order valence-electron chi connectivity index (χ2n) is 5.31. The Labute approximate surface area is 130 Å². The van der Waals surface area contributed by atoms with E-state index < -0.39 is 0 Å². The Hall–Kier alpha value is -2.40. The molecule has 3 N–H and O–H groups in total.